The van der Waals surface area contributed by atoms with Gasteiger partial charge in [-0.1, -0.05) is 6.07 Å². The maximum absolute atomic E-state index is 10.6. The molecule has 146 valence electrons. The summed E-state index contributed by atoms with van der Waals surface area (Å²) in [5, 5.41) is 15.5. The molecule has 5 rings (SSSR count). The largest absolute Gasteiger partial charge is 0.372 e. The Morgan fingerprint density at radius 3 is 2.75 bits per heavy atom. The molecule has 1 saturated heterocycles. The third-order valence-electron chi connectivity index (χ3n) is 5.86. The number of aliphatic hydroxyl groups is 1. The Hall–Kier alpha value is -2.51. The van der Waals surface area contributed by atoms with Crippen molar-refractivity contribution < 1.29 is 5.11 Å². The fourth-order valence-corrected chi connectivity index (χ4v) is 4.36. The van der Waals surface area contributed by atoms with E-state index in [1.165, 1.54) is 16.8 Å². The van der Waals surface area contributed by atoms with E-state index in [0.717, 1.165) is 62.5 Å². The Labute approximate surface area is 164 Å². The maximum atomic E-state index is 10.6. The van der Waals surface area contributed by atoms with Gasteiger partial charge >= 0.3 is 0 Å². The van der Waals surface area contributed by atoms with Gasteiger partial charge in [-0.25, -0.2) is 9.50 Å². The smallest absolute Gasteiger partial charge is 0.154 e. The Morgan fingerprint density at radius 1 is 1.11 bits per heavy atom. The maximum Gasteiger partial charge on any atom is 0.154 e. The standard InChI is InChI=1S/C21H26N6O/c1-14-9-16-12-26(8-5-17(16)22-11-14)20-15(2)10-19-23-18(13-27(19)24-20)21(28)25-6-3-4-7-25/h9-11,13,21,28H,3-8,12H2,1-2H3. The van der Waals surface area contributed by atoms with Gasteiger partial charge in [0.15, 0.2) is 17.7 Å². The molecule has 0 amide bonds. The van der Waals surface area contributed by atoms with Crippen molar-refractivity contribution in [3.63, 3.8) is 0 Å². The summed E-state index contributed by atoms with van der Waals surface area (Å²) in [7, 11) is 0. The number of fused-ring (bicyclic) bond motifs is 2. The van der Waals surface area contributed by atoms with Crippen molar-refractivity contribution in [1.29, 1.82) is 0 Å². The topological polar surface area (TPSA) is 69.8 Å². The van der Waals surface area contributed by atoms with Crippen molar-refractivity contribution in [2.45, 2.75) is 45.9 Å². The number of aliphatic hydroxyl groups excluding tert-OH is 1. The number of anilines is 1. The summed E-state index contributed by atoms with van der Waals surface area (Å²) in [5.41, 5.74) is 6.22. The highest BCUT2D eigenvalue weighted by Gasteiger charge is 2.25. The van der Waals surface area contributed by atoms with Crippen LogP contribution in [0, 0.1) is 13.8 Å². The first-order valence-electron chi connectivity index (χ1n) is 10.1. The van der Waals surface area contributed by atoms with Gasteiger partial charge in [-0.2, -0.15) is 0 Å². The van der Waals surface area contributed by atoms with Crippen molar-refractivity contribution in [1.82, 2.24) is 24.5 Å². The minimum Gasteiger partial charge on any atom is -0.372 e. The molecule has 5 heterocycles. The van der Waals surface area contributed by atoms with Crippen LogP contribution in [0.2, 0.25) is 0 Å². The summed E-state index contributed by atoms with van der Waals surface area (Å²) < 4.78 is 1.81. The van der Waals surface area contributed by atoms with E-state index in [4.69, 9.17) is 5.10 Å². The third kappa shape index (κ3) is 3.04. The molecule has 3 aromatic heterocycles. The van der Waals surface area contributed by atoms with Gasteiger partial charge in [-0.15, -0.1) is 5.10 Å². The Kier molecular flexibility index (Phi) is 4.29. The van der Waals surface area contributed by atoms with Gasteiger partial charge in [-0.3, -0.25) is 9.88 Å². The summed E-state index contributed by atoms with van der Waals surface area (Å²) in [5.74, 6) is 0.972. The van der Waals surface area contributed by atoms with Gasteiger partial charge in [-0.05, 0) is 49.4 Å². The zero-order valence-electron chi connectivity index (χ0n) is 16.5. The highest BCUT2D eigenvalue weighted by molar-refractivity contribution is 5.54. The number of rotatable bonds is 3. The van der Waals surface area contributed by atoms with Crippen LogP contribution in [0.15, 0.2) is 24.5 Å². The zero-order valence-corrected chi connectivity index (χ0v) is 16.5. The molecule has 0 radical (unpaired) electrons. The summed E-state index contributed by atoms with van der Waals surface area (Å²) in [6.07, 6.45) is 6.36. The van der Waals surface area contributed by atoms with Crippen LogP contribution in [0.5, 0.6) is 0 Å². The van der Waals surface area contributed by atoms with Crippen LogP contribution in [0.1, 0.15) is 47.1 Å². The van der Waals surface area contributed by atoms with Gasteiger partial charge in [0, 0.05) is 44.5 Å². The van der Waals surface area contributed by atoms with Crippen molar-refractivity contribution in [3.8, 4) is 0 Å². The molecule has 0 bridgehead atoms. The second-order valence-electron chi connectivity index (χ2n) is 8.03. The van der Waals surface area contributed by atoms with E-state index in [1.807, 2.05) is 12.4 Å². The lowest BCUT2D eigenvalue weighted by Gasteiger charge is -2.30. The van der Waals surface area contributed by atoms with Crippen LogP contribution in [0.4, 0.5) is 5.82 Å². The fourth-order valence-electron chi connectivity index (χ4n) is 4.36. The molecule has 0 aromatic carbocycles. The van der Waals surface area contributed by atoms with Gasteiger partial charge < -0.3 is 10.0 Å². The van der Waals surface area contributed by atoms with Crippen LogP contribution in [-0.4, -0.2) is 49.2 Å². The predicted octanol–water partition coefficient (Wildman–Crippen LogP) is 2.39. The number of pyridine rings is 1. The summed E-state index contributed by atoms with van der Waals surface area (Å²) >= 11 is 0. The molecule has 1 atom stereocenters. The summed E-state index contributed by atoms with van der Waals surface area (Å²) in [4.78, 5) is 13.6. The van der Waals surface area contributed by atoms with Crippen LogP contribution in [0.25, 0.3) is 5.65 Å². The first-order valence-corrected chi connectivity index (χ1v) is 10.1. The molecule has 0 aliphatic carbocycles. The van der Waals surface area contributed by atoms with Gasteiger partial charge in [0.05, 0.1) is 6.20 Å². The highest BCUT2D eigenvalue weighted by atomic mass is 16.3. The van der Waals surface area contributed by atoms with Crippen LogP contribution in [-0.2, 0) is 13.0 Å². The minimum atomic E-state index is -0.649. The van der Waals surface area contributed by atoms with Crippen molar-refractivity contribution >= 4 is 11.5 Å². The quantitative estimate of drug-likeness (QED) is 0.755. The number of aryl methyl sites for hydroxylation is 2. The average molecular weight is 378 g/mol. The van der Waals surface area contributed by atoms with E-state index < -0.39 is 6.23 Å². The SMILES string of the molecule is Cc1cnc2c(c1)CN(c1nn3cc(C(O)N4CCCC4)nc3cc1C)CC2. The Balaban J connectivity index is 1.46. The number of aromatic nitrogens is 4. The second kappa shape index (κ2) is 6.83. The normalized spacial score (nSPS) is 18.6. The molecular formula is C21H26N6O. The lowest BCUT2D eigenvalue weighted by molar-refractivity contribution is 0.0159. The van der Waals surface area contributed by atoms with E-state index in [9.17, 15) is 5.11 Å². The molecule has 7 nitrogen and oxygen atoms in total. The van der Waals surface area contributed by atoms with Crippen LogP contribution < -0.4 is 4.90 Å². The van der Waals surface area contributed by atoms with Crippen molar-refractivity contribution in [2.24, 2.45) is 0 Å². The molecule has 2 aliphatic rings. The number of imidazole rings is 1. The summed E-state index contributed by atoms with van der Waals surface area (Å²) in [6, 6.07) is 4.29. The lowest BCUT2D eigenvalue weighted by Crippen LogP contribution is -2.32. The van der Waals surface area contributed by atoms with E-state index in [1.54, 1.807) is 4.52 Å². The average Bonchev–Trinajstić information content (AvgIpc) is 3.36. The molecule has 1 N–H and O–H groups in total. The monoisotopic (exact) mass is 378 g/mol. The number of hydrogen-bond acceptors (Lipinski definition) is 6. The molecule has 0 spiro atoms. The molecule has 3 aromatic rings. The molecule has 28 heavy (non-hydrogen) atoms. The fraction of sp³-hybridized carbons (Fsp3) is 0.476. The minimum absolute atomic E-state index is 0.649. The molecule has 1 unspecified atom stereocenters. The van der Waals surface area contributed by atoms with Gasteiger partial charge in [0.1, 0.15) is 5.69 Å². The Bertz CT molecular complexity index is 1020. The zero-order chi connectivity index (χ0) is 19.3. The molecule has 2 aliphatic heterocycles. The van der Waals surface area contributed by atoms with E-state index >= 15 is 0 Å². The highest BCUT2D eigenvalue weighted by Crippen LogP contribution is 2.27. The molecular weight excluding hydrogens is 352 g/mol. The van der Waals surface area contributed by atoms with Crippen LogP contribution in [0.3, 0.4) is 0 Å². The van der Waals surface area contributed by atoms with E-state index in [-0.39, 0.29) is 0 Å². The number of hydrogen-bond donors (Lipinski definition) is 1. The molecule has 7 heteroatoms. The molecule has 1 fully saturated rings. The third-order valence-corrected chi connectivity index (χ3v) is 5.86. The van der Waals surface area contributed by atoms with E-state index in [0.29, 0.717) is 5.69 Å². The predicted molar refractivity (Wildman–Crippen MR) is 107 cm³/mol. The molecule has 0 saturated carbocycles. The lowest BCUT2D eigenvalue weighted by atomic mass is 10.0. The van der Waals surface area contributed by atoms with Gasteiger partial charge in [0.25, 0.3) is 0 Å². The number of likely N-dealkylation sites (tertiary alicyclic amines) is 1. The van der Waals surface area contributed by atoms with Crippen LogP contribution >= 0.6 is 0 Å². The summed E-state index contributed by atoms with van der Waals surface area (Å²) in [6.45, 7) is 7.74. The van der Waals surface area contributed by atoms with Gasteiger partial charge in [0.2, 0.25) is 0 Å². The second-order valence-corrected chi connectivity index (χ2v) is 8.03. The van der Waals surface area contributed by atoms with Crippen molar-refractivity contribution in [3.05, 3.63) is 52.6 Å². The Morgan fingerprint density at radius 2 is 1.93 bits per heavy atom. The van der Waals surface area contributed by atoms with Crippen molar-refractivity contribution in [2.75, 3.05) is 24.5 Å². The number of nitrogens with zero attached hydrogens (tertiary/aromatic N) is 6. The van der Waals surface area contributed by atoms with E-state index in [2.05, 4.69) is 45.7 Å². The first-order chi connectivity index (χ1) is 13.6. The first kappa shape index (κ1) is 17.6.